The summed E-state index contributed by atoms with van der Waals surface area (Å²) in [7, 11) is 0. The Hall–Kier alpha value is -2.15. The quantitative estimate of drug-likeness (QED) is 0.290. The fraction of sp³-hybridized carbons (Fsp3) is 0.182. The van der Waals surface area contributed by atoms with Crippen LogP contribution in [0.2, 0.25) is 5.02 Å². The van der Waals surface area contributed by atoms with Crippen LogP contribution in [0.4, 0.5) is 0 Å². The maximum absolute atomic E-state index is 12.3. The third kappa shape index (κ3) is 6.42. The van der Waals surface area contributed by atoms with E-state index in [1.807, 2.05) is 53.9 Å². The van der Waals surface area contributed by atoms with Crippen molar-refractivity contribution in [3.05, 3.63) is 85.0 Å². The predicted octanol–water partition coefficient (Wildman–Crippen LogP) is 6.46. The van der Waals surface area contributed by atoms with Crippen molar-refractivity contribution in [2.75, 3.05) is 0 Å². The largest absolute Gasteiger partial charge is 0.488 e. The second-order valence-corrected chi connectivity index (χ2v) is 8.70. The van der Waals surface area contributed by atoms with Crippen molar-refractivity contribution in [3.63, 3.8) is 0 Å². The third-order valence-corrected chi connectivity index (χ3v) is 5.80. The van der Waals surface area contributed by atoms with Crippen molar-refractivity contribution in [1.82, 2.24) is 5.43 Å². The van der Waals surface area contributed by atoms with E-state index in [9.17, 15) is 4.79 Å². The molecule has 3 rings (SSSR count). The van der Waals surface area contributed by atoms with E-state index in [4.69, 9.17) is 16.3 Å². The van der Waals surface area contributed by atoms with E-state index in [1.165, 1.54) is 4.88 Å². The molecule has 0 atom stereocenters. The van der Waals surface area contributed by atoms with Crippen molar-refractivity contribution >= 4 is 51.0 Å². The van der Waals surface area contributed by atoms with Crippen LogP contribution in [0, 0.1) is 0 Å². The number of rotatable bonds is 8. The molecule has 150 valence electrons. The Balaban J connectivity index is 1.65. The molecule has 0 saturated heterocycles. The number of benzene rings is 2. The molecule has 29 heavy (non-hydrogen) atoms. The number of nitrogens with one attached hydrogen (secondary N) is 1. The standard InChI is InChI=1S/C22H20BrClN2O2S/c1-2-3-20-11-17(14-29-20)22(27)26-25-12-16-10-18(23)6-9-21(16)28-13-15-4-7-19(24)8-5-15/h4-12,14H,2-3,13H2,1H3,(H,26,27)/b25-12+. The number of ether oxygens (including phenoxy) is 1. The van der Waals surface area contributed by atoms with Gasteiger partial charge in [-0.15, -0.1) is 11.3 Å². The van der Waals surface area contributed by atoms with Gasteiger partial charge in [0.05, 0.1) is 11.8 Å². The Bertz CT molecular complexity index is 1000. The van der Waals surface area contributed by atoms with Gasteiger partial charge in [0.15, 0.2) is 0 Å². The van der Waals surface area contributed by atoms with Gasteiger partial charge in [-0.05, 0) is 48.4 Å². The fourth-order valence-corrected chi connectivity index (χ4v) is 4.07. The van der Waals surface area contributed by atoms with E-state index in [1.54, 1.807) is 17.6 Å². The van der Waals surface area contributed by atoms with Crippen LogP contribution in [0.3, 0.4) is 0 Å². The molecule has 0 fully saturated rings. The summed E-state index contributed by atoms with van der Waals surface area (Å²) in [6.45, 7) is 2.52. The molecule has 7 heteroatoms. The van der Waals surface area contributed by atoms with Crippen molar-refractivity contribution in [1.29, 1.82) is 0 Å². The molecule has 0 radical (unpaired) electrons. The van der Waals surface area contributed by atoms with Gasteiger partial charge in [0.25, 0.3) is 5.91 Å². The van der Waals surface area contributed by atoms with E-state index in [-0.39, 0.29) is 5.91 Å². The number of hydrazone groups is 1. The molecule has 0 saturated carbocycles. The first-order valence-electron chi connectivity index (χ1n) is 9.12. The van der Waals surface area contributed by atoms with Crippen molar-refractivity contribution in [2.24, 2.45) is 5.10 Å². The maximum atomic E-state index is 12.3. The zero-order valence-electron chi connectivity index (χ0n) is 15.8. The summed E-state index contributed by atoms with van der Waals surface area (Å²) in [5.74, 6) is 0.445. The summed E-state index contributed by atoms with van der Waals surface area (Å²) in [5.41, 5.74) is 4.97. The minimum absolute atomic E-state index is 0.224. The molecule has 0 bridgehead atoms. The van der Waals surface area contributed by atoms with Crippen molar-refractivity contribution < 1.29 is 9.53 Å². The number of hydrogen-bond acceptors (Lipinski definition) is 4. The monoisotopic (exact) mass is 490 g/mol. The lowest BCUT2D eigenvalue weighted by Gasteiger charge is -2.10. The highest BCUT2D eigenvalue weighted by Gasteiger charge is 2.08. The number of halogens is 2. The highest BCUT2D eigenvalue weighted by Crippen LogP contribution is 2.23. The molecule has 0 spiro atoms. The molecule has 1 amide bonds. The molecular formula is C22H20BrClN2O2S. The van der Waals surface area contributed by atoms with Crippen LogP contribution >= 0.6 is 38.9 Å². The molecule has 0 unspecified atom stereocenters. The van der Waals surface area contributed by atoms with Crippen molar-refractivity contribution in [2.45, 2.75) is 26.4 Å². The van der Waals surface area contributed by atoms with Crippen LogP contribution in [0.1, 0.15) is 39.7 Å². The molecule has 2 aromatic carbocycles. The second kappa shape index (κ2) is 10.6. The fourth-order valence-electron chi connectivity index (χ4n) is 2.60. The summed E-state index contributed by atoms with van der Waals surface area (Å²) in [6, 6.07) is 15.1. The second-order valence-electron chi connectivity index (χ2n) is 6.35. The van der Waals surface area contributed by atoms with Gasteiger partial charge in [0.2, 0.25) is 0 Å². The smallest absolute Gasteiger partial charge is 0.272 e. The lowest BCUT2D eigenvalue weighted by Crippen LogP contribution is -2.16. The van der Waals surface area contributed by atoms with Crippen LogP contribution in [-0.4, -0.2) is 12.1 Å². The molecule has 0 aliphatic carbocycles. The number of carbonyl (C=O) groups is 1. The van der Waals surface area contributed by atoms with Gasteiger partial charge < -0.3 is 4.74 Å². The molecule has 1 N–H and O–H groups in total. The van der Waals surface area contributed by atoms with E-state index >= 15 is 0 Å². The summed E-state index contributed by atoms with van der Waals surface area (Å²) in [5, 5.41) is 6.65. The lowest BCUT2D eigenvalue weighted by atomic mass is 10.2. The molecule has 0 aliphatic heterocycles. The van der Waals surface area contributed by atoms with Gasteiger partial charge >= 0.3 is 0 Å². The molecule has 3 aromatic rings. The number of hydrogen-bond donors (Lipinski definition) is 1. The van der Waals surface area contributed by atoms with E-state index in [2.05, 4.69) is 33.4 Å². The highest BCUT2D eigenvalue weighted by molar-refractivity contribution is 9.10. The van der Waals surface area contributed by atoms with Gasteiger partial charge in [0, 0.05) is 25.3 Å². The SMILES string of the molecule is CCCc1cc(C(=O)N/N=C/c2cc(Br)ccc2OCc2ccc(Cl)cc2)cs1. The van der Waals surface area contributed by atoms with Crippen LogP contribution in [0.5, 0.6) is 5.75 Å². The van der Waals surface area contributed by atoms with Gasteiger partial charge in [-0.2, -0.15) is 5.10 Å². The molecule has 1 heterocycles. The molecule has 4 nitrogen and oxygen atoms in total. The summed E-state index contributed by atoms with van der Waals surface area (Å²) in [6.07, 6.45) is 3.62. The summed E-state index contributed by atoms with van der Waals surface area (Å²) < 4.78 is 6.82. The van der Waals surface area contributed by atoms with E-state index in [0.717, 1.165) is 28.4 Å². The topological polar surface area (TPSA) is 50.7 Å². The van der Waals surface area contributed by atoms with Crippen molar-refractivity contribution in [3.8, 4) is 5.75 Å². The van der Waals surface area contributed by atoms with E-state index < -0.39 is 0 Å². The molecule has 1 aromatic heterocycles. The Morgan fingerprint density at radius 2 is 2.03 bits per heavy atom. The Labute approximate surface area is 187 Å². The first-order chi connectivity index (χ1) is 14.0. The number of aryl methyl sites for hydroxylation is 1. The lowest BCUT2D eigenvalue weighted by molar-refractivity contribution is 0.0955. The average molecular weight is 492 g/mol. The number of nitrogens with zero attached hydrogens (tertiary/aromatic N) is 1. The molecule has 0 aliphatic rings. The summed E-state index contributed by atoms with van der Waals surface area (Å²) in [4.78, 5) is 13.5. The van der Waals surface area contributed by atoms with Gasteiger partial charge in [-0.25, -0.2) is 5.43 Å². The predicted molar refractivity (Wildman–Crippen MR) is 123 cm³/mol. The number of thiophene rings is 1. The summed E-state index contributed by atoms with van der Waals surface area (Å²) >= 11 is 11.0. The normalized spacial score (nSPS) is 11.0. The minimum atomic E-state index is -0.224. The van der Waals surface area contributed by atoms with Crippen LogP contribution in [-0.2, 0) is 13.0 Å². The van der Waals surface area contributed by atoms with Crippen LogP contribution < -0.4 is 10.2 Å². The van der Waals surface area contributed by atoms with Gasteiger partial charge in [0.1, 0.15) is 12.4 Å². The van der Waals surface area contributed by atoms with Crippen LogP contribution in [0.25, 0.3) is 0 Å². The number of carbonyl (C=O) groups excluding carboxylic acids is 1. The Morgan fingerprint density at radius 1 is 1.24 bits per heavy atom. The van der Waals surface area contributed by atoms with Gasteiger partial charge in [-0.1, -0.05) is 53.0 Å². The number of amides is 1. The maximum Gasteiger partial charge on any atom is 0.272 e. The average Bonchev–Trinajstić information content (AvgIpc) is 3.18. The van der Waals surface area contributed by atoms with Gasteiger partial charge in [-0.3, -0.25) is 4.79 Å². The first-order valence-corrected chi connectivity index (χ1v) is 11.2. The van der Waals surface area contributed by atoms with E-state index in [0.29, 0.717) is 22.9 Å². The third-order valence-electron chi connectivity index (χ3n) is 4.06. The Kier molecular flexibility index (Phi) is 7.86. The zero-order valence-corrected chi connectivity index (χ0v) is 19.0. The highest BCUT2D eigenvalue weighted by atomic mass is 79.9. The van der Waals surface area contributed by atoms with Crippen LogP contribution in [0.15, 0.2) is 63.5 Å². The first kappa shape index (κ1) is 21.6. The molecular weight excluding hydrogens is 472 g/mol. The zero-order chi connectivity index (χ0) is 20.6. The minimum Gasteiger partial charge on any atom is -0.488 e. The Morgan fingerprint density at radius 3 is 2.79 bits per heavy atom.